The largest absolute Gasteiger partial charge is 0.323 e. The highest BCUT2D eigenvalue weighted by atomic mass is 32.2. The Kier molecular flexibility index (Phi) is 4.59. The smallest absolute Gasteiger partial charge is 0.322 e. The first-order valence-electron chi connectivity index (χ1n) is 8.48. The molecule has 3 amide bonds. The Hall–Kier alpha value is -1.93. The first-order chi connectivity index (χ1) is 11.7. The number of hydrogen-bond acceptors (Lipinski definition) is 4. The number of sulfonamides is 1. The third kappa shape index (κ3) is 3.28. The Morgan fingerprint density at radius 3 is 2.48 bits per heavy atom. The van der Waals surface area contributed by atoms with Crippen molar-refractivity contribution < 1.29 is 18.0 Å². The van der Waals surface area contributed by atoms with Crippen molar-refractivity contribution in [1.82, 2.24) is 15.4 Å². The van der Waals surface area contributed by atoms with Crippen molar-refractivity contribution in [2.24, 2.45) is 5.92 Å². The van der Waals surface area contributed by atoms with E-state index in [1.165, 1.54) is 0 Å². The van der Waals surface area contributed by atoms with Crippen molar-refractivity contribution in [2.75, 3.05) is 6.54 Å². The second-order valence-corrected chi connectivity index (χ2v) is 8.81. The number of imide groups is 1. The maximum absolute atomic E-state index is 12.5. The zero-order valence-electron chi connectivity index (χ0n) is 14.3. The lowest BCUT2D eigenvalue weighted by Gasteiger charge is -2.28. The predicted octanol–water partition coefficient (Wildman–Crippen LogP) is 1.47. The molecule has 1 aliphatic heterocycles. The van der Waals surface area contributed by atoms with E-state index in [1.807, 2.05) is 13.8 Å². The maximum Gasteiger partial charge on any atom is 0.322 e. The summed E-state index contributed by atoms with van der Waals surface area (Å²) in [5.41, 5.74) is 0.0835. The average molecular weight is 365 g/mol. The Morgan fingerprint density at radius 2 is 1.92 bits per heavy atom. The van der Waals surface area contributed by atoms with Gasteiger partial charge < -0.3 is 5.32 Å². The van der Waals surface area contributed by atoms with E-state index < -0.39 is 21.6 Å². The molecule has 0 unspecified atom stereocenters. The molecule has 25 heavy (non-hydrogen) atoms. The molecule has 1 aliphatic carbocycles. The van der Waals surface area contributed by atoms with Crippen LogP contribution in [0.25, 0.3) is 0 Å². The Balaban J connectivity index is 1.72. The Bertz CT molecular complexity index is 789. The van der Waals surface area contributed by atoms with Gasteiger partial charge in [0.25, 0.3) is 5.91 Å². The molecule has 2 aliphatic rings. The number of benzene rings is 1. The summed E-state index contributed by atoms with van der Waals surface area (Å²) in [6.07, 6.45) is 1.98. The van der Waals surface area contributed by atoms with E-state index in [0.29, 0.717) is 18.8 Å². The van der Waals surface area contributed by atoms with E-state index in [4.69, 9.17) is 0 Å². The average Bonchev–Trinajstić information content (AvgIpc) is 3.09. The standard InChI is InChI=1S/C17H23N3O4S/c1-11(2)12-5-7-14(8-6-12)25(23,24)18-10-13-4-3-9-17(13)15(21)19-16(22)20-17/h5-8,11,13,18H,3-4,9-10H2,1-2H3,(H2,19,20,21,22)/t13-,17+/m0/s1. The van der Waals surface area contributed by atoms with E-state index in [-0.39, 0.29) is 23.3 Å². The number of nitrogens with one attached hydrogen (secondary N) is 3. The summed E-state index contributed by atoms with van der Waals surface area (Å²) in [5.74, 6) is -0.295. The van der Waals surface area contributed by atoms with Gasteiger partial charge in [-0.15, -0.1) is 0 Å². The van der Waals surface area contributed by atoms with Crippen molar-refractivity contribution in [3.05, 3.63) is 29.8 Å². The summed E-state index contributed by atoms with van der Waals surface area (Å²) in [6.45, 7) is 4.20. The third-order valence-corrected chi connectivity index (χ3v) is 6.61. The molecule has 1 aromatic rings. The molecule has 1 aromatic carbocycles. The van der Waals surface area contributed by atoms with E-state index in [9.17, 15) is 18.0 Å². The number of urea groups is 1. The van der Waals surface area contributed by atoms with Crippen LogP contribution in [0.15, 0.2) is 29.2 Å². The zero-order valence-corrected chi connectivity index (χ0v) is 15.2. The summed E-state index contributed by atoms with van der Waals surface area (Å²) in [6, 6.07) is 6.28. The van der Waals surface area contributed by atoms with Crippen LogP contribution >= 0.6 is 0 Å². The topological polar surface area (TPSA) is 104 Å². The van der Waals surface area contributed by atoms with Crippen molar-refractivity contribution in [3.8, 4) is 0 Å². The first kappa shape index (κ1) is 17.9. The second kappa shape index (κ2) is 6.42. The molecule has 0 radical (unpaired) electrons. The van der Waals surface area contributed by atoms with E-state index in [2.05, 4.69) is 15.4 Å². The fourth-order valence-electron chi connectivity index (χ4n) is 3.65. The molecule has 3 rings (SSSR count). The highest BCUT2D eigenvalue weighted by Crippen LogP contribution is 2.37. The van der Waals surface area contributed by atoms with Crippen LogP contribution in [0.1, 0.15) is 44.6 Å². The van der Waals surface area contributed by atoms with Crippen LogP contribution < -0.4 is 15.4 Å². The molecule has 0 bridgehead atoms. The minimum Gasteiger partial charge on any atom is -0.323 e. The first-order valence-corrected chi connectivity index (χ1v) is 9.96. The summed E-state index contributed by atoms with van der Waals surface area (Å²) in [7, 11) is -3.66. The maximum atomic E-state index is 12.5. The van der Waals surface area contributed by atoms with Crippen molar-refractivity contribution in [2.45, 2.75) is 49.5 Å². The van der Waals surface area contributed by atoms with Gasteiger partial charge in [0.1, 0.15) is 5.54 Å². The summed E-state index contributed by atoms with van der Waals surface area (Å²) in [5, 5.41) is 4.95. The fraction of sp³-hybridized carbons (Fsp3) is 0.529. The minimum atomic E-state index is -3.66. The van der Waals surface area contributed by atoms with Crippen molar-refractivity contribution in [3.63, 3.8) is 0 Å². The van der Waals surface area contributed by atoms with Crippen LogP contribution in [0.2, 0.25) is 0 Å². The van der Waals surface area contributed by atoms with Gasteiger partial charge in [0.15, 0.2) is 0 Å². The molecule has 2 fully saturated rings. The monoisotopic (exact) mass is 365 g/mol. The van der Waals surface area contributed by atoms with Gasteiger partial charge in [-0.1, -0.05) is 32.4 Å². The lowest BCUT2D eigenvalue weighted by atomic mass is 9.87. The van der Waals surface area contributed by atoms with Gasteiger partial charge in [0.2, 0.25) is 10.0 Å². The number of amides is 3. The van der Waals surface area contributed by atoms with Gasteiger partial charge in [0, 0.05) is 12.5 Å². The highest BCUT2D eigenvalue weighted by Gasteiger charge is 2.54. The summed E-state index contributed by atoms with van der Waals surface area (Å²) in [4.78, 5) is 23.8. The Morgan fingerprint density at radius 1 is 1.24 bits per heavy atom. The SMILES string of the molecule is CC(C)c1ccc(S(=O)(=O)NC[C@@H]2CCC[C@@]23NC(=O)NC3=O)cc1. The molecular formula is C17H23N3O4S. The predicted molar refractivity (Wildman–Crippen MR) is 92.5 cm³/mol. The van der Waals surface area contributed by atoms with Gasteiger partial charge in [-0.05, 0) is 36.5 Å². The molecule has 7 nitrogen and oxygen atoms in total. The van der Waals surface area contributed by atoms with Gasteiger partial charge in [-0.3, -0.25) is 10.1 Å². The number of carbonyl (C=O) groups excluding carboxylic acids is 2. The molecule has 1 spiro atoms. The summed E-state index contributed by atoms with van der Waals surface area (Å²) >= 11 is 0. The molecule has 1 heterocycles. The van der Waals surface area contributed by atoms with Gasteiger partial charge in [-0.25, -0.2) is 17.9 Å². The van der Waals surface area contributed by atoms with Crippen LogP contribution in [0.5, 0.6) is 0 Å². The Labute approximate surface area is 147 Å². The molecule has 136 valence electrons. The molecule has 2 atom stereocenters. The second-order valence-electron chi connectivity index (χ2n) is 7.04. The molecule has 0 aromatic heterocycles. The van der Waals surface area contributed by atoms with Gasteiger partial charge in [-0.2, -0.15) is 0 Å². The minimum absolute atomic E-state index is 0.113. The quantitative estimate of drug-likeness (QED) is 0.687. The van der Waals surface area contributed by atoms with Gasteiger partial charge in [0.05, 0.1) is 4.90 Å². The summed E-state index contributed by atoms with van der Waals surface area (Å²) < 4.78 is 27.6. The van der Waals surface area contributed by atoms with Crippen LogP contribution in [0.3, 0.4) is 0 Å². The fourth-order valence-corrected chi connectivity index (χ4v) is 4.73. The van der Waals surface area contributed by atoms with Gasteiger partial charge >= 0.3 is 6.03 Å². The number of carbonyl (C=O) groups is 2. The zero-order chi connectivity index (χ0) is 18.2. The van der Waals surface area contributed by atoms with Crippen molar-refractivity contribution >= 4 is 22.0 Å². The van der Waals surface area contributed by atoms with Crippen molar-refractivity contribution in [1.29, 1.82) is 0 Å². The molecule has 3 N–H and O–H groups in total. The lowest BCUT2D eigenvalue weighted by Crippen LogP contribution is -2.53. The van der Waals surface area contributed by atoms with E-state index >= 15 is 0 Å². The third-order valence-electron chi connectivity index (χ3n) is 5.17. The van der Waals surface area contributed by atoms with Crippen LogP contribution in [-0.2, 0) is 14.8 Å². The molecule has 8 heteroatoms. The van der Waals surface area contributed by atoms with Crippen LogP contribution in [0.4, 0.5) is 4.79 Å². The number of hydrogen-bond donors (Lipinski definition) is 3. The van der Waals surface area contributed by atoms with E-state index in [1.54, 1.807) is 24.3 Å². The highest BCUT2D eigenvalue weighted by molar-refractivity contribution is 7.89. The normalized spacial score (nSPS) is 26.3. The molecule has 1 saturated heterocycles. The lowest BCUT2D eigenvalue weighted by molar-refractivity contribution is -0.125. The van der Waals surface area contributed by atoms with E-state index in [0.717, 1.165) is 12.0 Å². The molecule has 1 saturated carbocycles. The molecular weight excluding hydrogens is 342 g/mol. The van der Waals surface area contributed by atoms with Crippen LogP contribution in [-0.4, -0.2) is 32.4 Å². The van der Waals surface area contributed by atoms with Crippen LogP contribution in [0, 0.1) is 5.92 Å². The number of rotatable bonds is 5.